The first kappa shape index (κ1) is 17.1. The zero-order valence-electron chi connectivity index (χ0n) is 14.0. The van der Waals surface area contributed by atoms with Gasteiger partial charge >= 0.3 is 0 Å². The van der Waals surface area contributed by atoms with Crippen LogP contribution >= 0.6 is 10.8 Å². The van der Waals surface area contributed by atoms with Gasteiger partial charge in [-0.05, 0) is 56.8 Å². The number of aryl methyl sites for hydroxylation is 1. The van der Waals surface area contributed by atoms with Crippen LogP contribution in [0.4, 0.5) is 11.4 Å². The predicted molar refractivity (Wildman–Crippen MR) is 100 cm³/mol. The minimum absolute atomic E-state index is 0.569. The Morgan fingerprint density at radius 1 is 1.17 bits per heavy atom. The number of rotatable bonds is 5. The molecular formula is C18H24N2O3S. The van der Waals surface area contributed by atoms with Gasteiger partial charge in [-0.25, -0.2) is 4.31 Å². The highest BCUT2D eigenvalue weighted by Gasteiger charge is 2.40. The van der Waals surface area contributed by atoms with E-state index in [0.29, 0.717) is 17.9 Å². The highest BCUT2D eigenvalue weighted by Crippen LogP contribution is 2.61. The second-order valence-corrected chi connectivity index (χ2v) is 7.97. The fourth-order valence-corrected chi connectivity index (χ4v) is 4.70. The summed E-state index contributed by atoms with van der Waals surface area (Å²) in [5.41, 5.74) is 1.87. The maximum Gasteiger partial charge on any atom is 0.206 e. The largest absolute Gasteiger partial charge is 0.467 e. The molecule has 0 bridgehead atoms. The molecule has 0 aliphatic carbocycles. The number of fused-ring (bicyclic) bond motifs is 1. The third kappa shape index (κ3) is 3.23. The zero-order chi connectivity index (χ0) is 17.2. The van der Waals surface area contributed by atoms with Gasteiger partial charge in [-0.3, -0.25) is 9.11 Å². The van der Waals surface area contributed by atoms with E-state index in [2.05, 4.69) is 5.32 Å². The molecule has 1 atom stereocenters. The fourth-order valence-electron chi connectivity index (χ4n) is 2.87. The van der Waals surface area contributed by atoms with Crippen LogP contribution in [-0.2, 0) is 0 Å². The number of nitrogens with zero attached hydrogens (tertiary/aromatic N) is 1. The Morgan fingerprint density at radius 3 is 2.62 bits per heavy atom. The van der Waals surface area contributed by atoms with Gasteiger partial charge in [-0.2, -0.15) is 0 Å². The normalized spacial score (nSPS) is 20.2. The van der Waals surface area contributed by atoms with Crippen LogP contribution < -0.4 is 14.4 Å². The molecule has 0 amide bonds. The summed E-state index contributed by atoms with van der Waals surface area (Å²) in [6, 6.07) is 15.3. The second-order valence-electron chi connectivity index (χ2n) is 5.96. The molecule has 0 fully saturated rings. The van der Waals surface area contributed by atoms with Gasteiger partial charge in [-0.1, -0.05) is 35.0 Å². The van der Waals surface area contributed by atoms with Gasteiger partial charge in [0.1, 0.15) is 11.4 Å². The first-order valence-corrected chi connectivity index (χ1v) is 9.65. The molecule has 2 aromatic rings. The van der Waals surface area contributed by atoms with E-state index in [1.807, 2.05) is 62.5 Å². The first-order valence-electron chi connectivity index (χ1n) is 8.08. The molecule has 0 saturated carbocycles. The molecular weight excluding hydrogens is 324 g/mol. The number of nitrogens with one attached hydrogen (secondary N) is 1. The molecule has 24 heavy (non-hydrogen) atoms. The van der Waals surface area contributed by atoms with Gasteiger partial charge in [0.15, 0.2) is 0 Å². The van der Waals surface area contributed by atoms with E-state index >= 15 is 0 Å². The molecule has 6 heteroatoms. The number of para-hydroxylation sites is 1. The Bertz CT molecular complexity index is 694. The van der Waals surface area contributed by atoms with E-state index in [9.17, 15) is 9.11 Å². The number of hydrogen-bond acceptors (Lipinski definition) is 5. The van der Waals surface area contributed by atoms with E-state index in [-0.39, 0.29) is 0 Å². The number of anilines is 2. The highest BCUT2D eigenvalue weighted by molar-refractivity contribution is 8.26. The molecule has 0 spiro atoms. The Balaban J connectivity index is 2.03. The zero-order valence-corrected chi connectivity index (χ0v) is 14.8. The summed E-state index contributed by atoms with van der Waals surface area (Å²) in [5.74, 6) is 0.694. The van der Waals surface area contributed by atoms with Crippen molar-refractivity contribution in [2.24, 2.45) is 0 Å². The SMILES string of the molecule is CNCCCC1Oc2cc(C)ccc2N(c2ccccc2)S1(O)O. The van der Waals surface area contributed by atoms with Crippen molar-refractivity contribution in [3.8, 4) is 5.75 Å². The third-order valence-corrected chi connectivity index (χ3v) is 6.05. The second kappa shape index (κ2) is 7.03. The van der Waals surface area contributed by atoms with Gasteiger partial charge in [0, 0.05) is 6.42 Å². The van der Waals surface area contributed by atoms with Crippen molar-refractivity contribution >= 4 is 22.2 Å². The Morgan fingerprint density at radius 2 is 1.92 bits per heavy atom. The number of hydrogen-bond donors (Lipinski definition) is 3. The van der Waals surface area contributed by atoms with Crippen molar-refractivity contribution in [3.63, 3.8) is 0 Å². The Labute approximate surface area is 144 Å². The third-order valence-electron chi connectivity index (χ3n) is 4.07. The molecule has 5 nitrogen and oxygen atoms in total. The molecule has 1 aliphatic heterocycles. The van der Waals surface area contributed by atoms with E-state index in [1.165, 1.54) is 0 Å². The molecule has 130 valence electrons. The summed E-state index contributed by atoms with van der Waals surface area (Å²) in [7, 11) is -1.26. The smallest absolute Gasteiger partial charge is 0.206 e. The fraction of sp³-hybridized carbons (Fsp3) is 0.333. The van der Waals surface area contributed by atoms with Gasteiger partial charge in [0.05, 0.1) is 5.69 Å². The van der Waals surface area contributed by atoms with Crippen molar-refractivity contribution in [2.45, 2.75) is 25.2 Å². The van der Waals surface area contributed by atoms with Crippen molar-refractivity contribution < 1.29 is 13.8 Å². The summed E-state index contributed by atoms with van der Waals surface area (Å²) >= 11 is 0. The van der Waals surface area contributed by atoms with Crippen LogP contribution in [0.1, 0.15) is 18.4 Å². The molecule has 1 aliphatic rings. The lowest BCUT2D eigenvalue weighted by molar-refractivity contribution is 0.235. The highest BCUT2D eigenvalue weighted by atomic mass is 32.3. The van der Waals surface area contributed by atoms with Crippen LogP contribution in [0.3, 0.4) is 0 Å². The molecule has 3 rings (SSSR count). The van der Waals surface area contributed by atoms with Gasteiger partial charge in [0.2, 0.25) is 5.44 Å². The van der Waals surface area contributed by atoms with E-state index < -0.39 is 16.2 Å². The first-order chi connectivity index (χ1) is 11.5. The minimum Gasteiger partial charge on any atom is -0.467 e. The van der Waals surface area contributed by atoms with Crippen LogP contribution in [-0.4, -0.2) is 28.1 Å². The van der Waals surface area contributed by atoms with Crippen LogP contribution in [0.2, 0.25) is 0 Å². The van der Waals surface area contributed by atoms with E-state index in [1.54, 1.807) is 4.31 Å². The van der Waals surface area contributed by atoms with E-state index in [4.69, 9.17) is 4.74 Å². The van der Waals surface area contributed by atoms with Crippen molar-refractivity contribution in [3.05, 3.63) is 54.1 Å². The lowest BCUT2D eigenvalue weighted by Crippen LogP contribution is -2.39. The predicted octanol–water partition coefficient (Wildman–Crippen LogP) is 4.52. The van der Waals surface area contributed by atoms with Crippen LogP contribution in [0, 0.1) is 6.92 Å². The molecule has 2 aromatic carbocycles. The van der Waals surface area contributed by atoms with Crippen molar-refractivity contribution in [2.75, 3.05) is 17.9 Å². The average Bonchev–Trinajstić information content (AvgIpc) is 2.56. The molecule has 3 N–H and O–H groups in total. The summed E-state index contributed by atoms with van der Waals surface area (Å²) in [6.45, 7) is 2.81. The number of ether oxygens (including phenoxy) is 1. The van der Waals surface area contributed by atoms with Crippen LogP contribution in [0.5, 0.6) is 5.75 Å². The minimum atomic E-state index is -3.14. The molecule has 1 heterocycles. The maximum atomic E-state index is 11.0. The molecule has 0 radical (unpaired) electrons. The lowest BCUT2D eigenvalue weighted by Gasteiger charge is -2.52. The summed E-state index contributed by atoms with van der Waals surface area (Å²) < 4.78 is 29.6. The van der Waals surface area contributed by atoms with Crippen molar-refractivity contribution in [1.29, 1.82) is 0 Å². The molecule has 0 aromatic heterocycles. The quantitative estimate of drug-likeness (QED) is 0.694. The average molecular weight is 348 g/mol. The monoisotopic (exact) mass is 348 g/mol. The summed E-state index contributed by atoms with van der Waals surface area (Å²) in [6.07, 6.45) is 1.38. The topological polar surface area (TPSA) is 65.0 Å². The van der Waals surface area contributed by atoms with Gasteiger partial charge in [0.25, 0.3) is 0 Å². The van der Waals surface area contributed by atoms with E-state index in [0.717, 1.165) is 24.2 Å². The Hall–Kier alpha value is -1.73. The van der Waals surface area contributed by atoms with Crippen molar-refractivity contribution in [1.82, 2.24) is 5.32 Å². The summed E-state index contributed by atoms with van der Waals surface area (Å²) in [4.78, 5) is 0. The standard InChI is InChI=1S/C18H24N2O3S/c1-14-10-11-16-17(13-14)23-18(9-6-12-19-2)24(21,22)20(16)15-7-4-3-5-8-15/h3-5,7-8,10-11,13,18-19,21-22H,6,9,12H2,1-2H3. The van der Waals surface area contributed by atoms with Gasteiger partial charge < -0.3 is 10.1 Å². The number of benzene rings is 2. The lowest BCUT2D eigenvalue weighted by atomic mass is 10.2. The van der Waals surface area contributed by atoms with Crippen LogP contribution in [0.15, 0.2) is 48.5 Å². The Kier molecular flexibility index (Phi) is 5.01. The van der Waals surface area contributed by atoms with Gasteiger partial charge in [-0.15, -0.1) is 0 Å². The van der Waals surface area contributed by atoms with Crippen LogP contribution in [0.25, 0.3) is 0 Å². The maximum absolute atomic E-state index is 11.0. The molecule has 0 saturated heterocycles. The molecule has 1 unspecified atom stereocenters. The summed E-state index contributed by atoms with van der Waals surface area (Å²) in [5, 5.41) is 3.08.